The molecule has 0 aliphatic carbocycles. The Balaban J connectivity index is 1.91. The second kappa shape index (κ2) is 6.27. The van der Waals surface area contributed by atoms with Crippen molar-refractivity contribution in [1.29, 1.82) is 5.26 Å². The number of aromatic amines is 1. The van der Waals surface area contributed by atoms with Crippen LogP contribution in [0.25, 0.3) is 11.3 Å². The average molecular weight is 415 g/mol. The maximum atomic E-state index is 13.9. The van der Waals surface area contributed by atoms with Crippen molar-refractivity contribution >= 4 is 17.5 Å². The lowest BCUT2D eigenvalue weighted by molar-refractivity contribution is -0.126. The SMILES string of the molecule is CC(=O)N1C(=O)[C@]2(C(C#N)=C(N)Oc3n[nH]c(-c4ccc(F)cc4)c32)c2ccccc21. The number of H-pyrrole nitrogens is 1. The number of carbonyl (C=O) groups excluding carboxylic acids is 2. The lowest BCUT2D eigenvalue weighted by Crippen LogP contribution is -2.47. The number of fused-ring (bicyclic) bond motifs is 4. The van der Waals surface area contributed by atoms with Crippen molar-refractivity contribution in [3.05, 3.63) is 76.9 Å². The minimum Gasteiger partial charge on any atom is -0.420 e. The monoisotopic (exact) mass is 415 g/mol. The highest BCUT2D eigenvalue weighted by Crippen LogP contribution is 2.56. The van der Waals surface area contributed by atoms with E-state index in [2.05, 4.69) is 10.2 Å². The Bertz CT molecular complexity index is 1350. The molecule has 2 aromatic carbocycles. The van der Waals surface area contributed by atoms with E-state index in [9.17, 15) is 19.2 Å². The first-order chi connectivity index (χ1) is 14.9. The van der Waals surface area contributed by atoms with E-state index in [1.807, 2.05) is 6.07 Å². The van der Waals surface area contributed by atoms with Gasteiger partial charge in [-0.05, 0) is 30.3 Å². The fourth-order valence-corrected chi connectivity index (χ4v) is 4.35. The highest BCUT2D eigenvalue weighted by Gasteiger charge is 2.61. The number of hydrogen-bond donors (Lipinski definition) is 2. The van der Waals surface area contributed by atoms with Crippen LogP contribution in [0, 0.1) is 17.1 Å². The zero-order valence-corrected chi connectivity index (χ0v) is 16.1. The summed E-state index contributed by atoms with van der Waals surface area (Å²) in [5, 5.41) is 17.0. The molecule has 8 nitrogen and oxygen atoms in total. The van der Waals surface area contributed by atoms with Gasteiger partial charge in [-0.15, -0.1) is 5.10 Å². The molecule has 31 heavy (non-hydrogen) atoms. The van der Waals surface area contributed by atoms with Crippen LogP contribution in [0.1, 0.15) is 18.1 Å². The summed E-state index contributed by atoms with van der Waals surface area (Å²) in [6, 6.07) is 14.2. The molecular formula is C22H14FN5O3. The van der Waals surface area contributed by atoms with Gasteiger partial charge in [0, 0.05) is 18.1 Å². The number of halogens is 1. The highest BCUT2D eigenvalue weighted by molar-refractivity contribution is 6.26. The minimum atomic E-state index is -1.74. The first-order valence-corrected chi connectivity index (χ1v) is 9.28. The number of hydrogen-bond acceptors (Lipinski definition) is 6. The fourth-order valence-electron chi connectivity index (χ4n) is 4.35. The lowest BCUT2D eigenvalue weighted by Gasteiger charge is -2.32. The van der Waals surface area contributed by atoms with Crippen molar-refractivity contribution in [2.75, 3.05) is 4.90 Å². The minimum absolute atomic E-state index is 0.00406. The number of nitrogens with one attached hydrogen (secondary N) is 1. The number of rotatable bonds is 1. The van der Waals surface area contributed by atoms with Gasteiger partial charge in [0.15, 0.2) is 0 Å². The van der Waals surface area contributed by atoms with Crippen LogP contribution in [0.3, 0.4) is 0 Å². The van der Waals surface area contributed by atoms with E-state index in [-0.39, 0.29) is 22.9 Å². The van der Waals surface area contributed by atoms with E-state index in [0.29, 0.717) is 22.5 Å². The summed E-state index contributed by atoms with van der Waals surface area (Å²) in [6.07, 6.45) is 0. The summed E-state index contributed by atoms with van der Waals surface area (Å²) in [7, 11) is 0. The van der Waals surface area contributed by atoms with E-state index < -0.39 is 23.0 Å². The number of carbonyl (C=O) groups is 2. The number of anilines is 1. The predicted molar refractivity (Wildman–Crippen MR) is 107 cm³/mol. The Morgan fingerprint density at radius 2 is 1.97 bits per heavy atom. The second-order valence-corrected chi connectivity index (χ2v) is 7.17. The van der Waals surface area contributed by atoms with Crippen LogP contribution in [0.2, 0.25) is 0 Å². The zero-order chi connectivity index (χ0) is 21.9. The summed E-state index contributed by atoms with van der Waals surface area (Å²) in [5.41, 5.74) is 6.01. The number of imide groups is 1. The largest absolute Gasteiger partial charge is 0.420 e. The van der Waals surface area contributed by atoms with Gasteiger partial charge in [-0.3, -0.25) is 14.7 Å². The van der Waals surface area contributed by atoms with E-state index in [0.717, 1.165) is 4.90 Å². The van der Waals surface area contributed by atoms with Gasteiger partial charge in [0.25, 0.3) is 5.91 Å². The number of amides is 2. The van der Waals surface area contributed by atoms with Gasteiger partial charge in [-0.2, -0.15) is 5.26 Å². The van der Waals surface area contributed by atoms with E-state index in [4.69, 9.17) is 10.5 Å². The third kappa shape index (κ3) is 2.24. The van der Waals surface area contributed by atoms with Crippen LogP contribution < -0.4 is 15.4 Å². The summed E-state index contributed by atoms with van der Waals surface area (Å²) in [5.74, 6) is -1.87. The standard InChI is InChI=1S/C22H14FN5O3/c1-11(29)28-16-5-3-2-4-14(16)22(21(28)30)15(10-24)19(25)31-20-17(22)18(26-27-20)12-6-8-13(23)9-7-12/h2-9H,25H2,1H3,(H,26,27)/t22-/m0/s1. The Labute approximate surface area is 175 Å². The van der Waals surface area contributed by atoms with Crippen molar-refractivity contribution < 1.29 is 18.7 Å². The zero-order valence-electron chi connectivity index (χ0n) is 16.1. The average Bonchev–Trinajstić information content (AvgIpc) is 3.27. The number of nitriles is 1. The summed E-state index contributed by atoms with van der Waals surface area (Å²) in [6.45, 7) is 1.27. The van der Waals surface area contributed by atoms with Crippen LogP contribution in [0.15, 0.2) is 60.0 Å². The van der Waals surface area contributed by atoms with Crippen LogP contribution in [0.4, 0.5) is 10.1 Å². The molecular weight excluding hydrogens is 401 g/mol. The van der Waals surface area contributed by atoms with E-state index in [1.165, 1.54) is 31.2 Å². The number of ether oxygens (including phenoxy) is 1. The van der Waals surface area contributed by atoms with Crippen molar-refractivity contribution in [2.45, 2.75) is 12.3 Å². The van der Waals surface area contributed by atoms with Crippen LogP contribution in [-0.2, 0) is 15.0 Å². The quantitative estimate of drug-likeness (QED) is 0.629. The lowest BCUT2D eigenvalue weighted by atomic mass is 9.68. The molecule has 3 heterocycles. The molecule has 2 amide bonds. The molecule has 3 aromatic rings. The topological polar surface area (TPSA) is 125 Å². The summed E-state index contributed by atoms with van der Waals surface area (Å²) < 4.78 is 19.1. The molecule has 9 heteroatoms. The number of nitrogens with two attached hydrogens (primary N) is 1. The van der Waals surface area contributed by atoms with Crippen molar-refractivity contribution in [3.63, 3.8) is 0 Å². The third-order valence-electron chi connectivity index (χ3n) is 5.57. The molecule has 1 spiro atoms. The first-order valence-electron chi connectivity index (χ1n) is 9.28. The van der Waals surface area contributed by atoms with Crippen molar-refractivity contribution in [2.24, 2.45) is 5.73 Å². The molecule has 2 aliphatic heterocycles. The van der Waals surface area contributed by atoms with E-state index in [1.54, 1.807) is 24.3 Å². The van der Waals surface area contributed by atoms with Crippen LogP contribution in [0.5, 0.6) is 5.88 Å². The highest BCUT2D eigenvalue weighted by atomic mass is 19.1. The third-order valence-corrected chi connectivity index (χ3v) is 5.57. The number of benzene rings is 2. The summed E-state index contributed by atoms with van der Waals surface area (Å²) >= 11 is 0. The van der Waals surface area contributed by atoms with Gasteiger partial charge in [-0.25, -0.2) is 9.29 Å². The van der Waals surface area contributed by atoms with Crippen molar-refractivity contribution in [1.82, 2.24) is 10.2 Å². The van der Waals surface area contributed by atoms with Gasteiger partial charge in [0.1, 0.15) is 22.9 Å². The molecule has 3 N–H and O–H groups in total. The van der Waals surface area contributed by atoms with E-state index >= 15 is 0 Å². The molecule has 0 bridgehead atoms. The molecule has 1 atom stereocenters. The molecule has 0 unspecified atom stereocenters. The predicted octanol–water partition coefficient (Wildman–Crippen LogP) is 2.48. The second-order valence-electron chi connectivity index (χ2n) is 7.17. The summed E-state index contributed by atoms with van der Waals surface area (Å²) in [4.78, 5) is 27.4. The van der Waals surface area contributed by atoms with Gasteiger partial charge in [-0.1, -0.05) is 18.2 Å². The fraction of sp³-hybridized carbons (Fsp3) is 0.0909. The Morgan fingerprint density at radius 3 is 2.65 bits per heavy atom. The van der Waals surface area contributed by atoms with Gasteiger partial charge in [0.05, 0.1) is 16.9 Å². The maximum Gasteiger partial charge on any atom is 0.254 e. The number of aromatic nitrogens is 2. The molecule has 0 fully saturated rings. The first kappa shape index (κ1) is 18.6. The van der Waals surface area contributed by atoms with Gasteiger partial charge in [0.2, 0.25) is 17.7 Å². The number of nitrogens with zero attached hydrogens (tertiary/aromatic N) is 3. The van der Waals surface area contributed by atoms with Gasteiger partial charge < -0.3 is 10.5 Å². The molecule has 0 radical (unpaired) electrons. The molecule has 2 aliphatic rings. The van der Waals surface area contributed by atoms with Crippen molar-refractivity contribution in [3.8, 4) is 23.2 Å². The Hall–Kier alpha value is -4.45. The normalized spacial score (nSPS) is 19.1. The molecule has 1 aromatic heterocycles. The Morgan fingerprint density at radius 1 is 1.26 bits per heavy atom. The molecule has 5 rings (SSSR count). The van der Waals surface area contributed by atoms with Crippen LogP contribution in [-0.4, -0.2) is 22.0 Å². The van der Waals surface area contributed by atoms with Gasteiger partial charge >= 0.3 is 0 Å². The number of para-hydroxylation sites is 1. The smallest absolute Gasteiger partial charge is 0.254 e. The Kier molecular flexibility index (Phi) is 3.76. The van der Waals surface area contributed by atoms with Crippen LogP contribution >= 0.6 is 0 Å². The molecule has 0 saturated heterocycles. The molecule has 152 valence electrons. The molecule has 0 saturated carbocycles. The maximum absolute atomic E-state index is 13.9.